The molecule has 1 aliphatic heterocycles. The molecule has 0 bridgehead atoms. The molecule has 0 saturated carbocycles. The number of hydrogen-bond acceptors (Lipinski definition) is 2. The highest BCUT2D eigenvalue weighted by Gasteiger charge is 2.23. The molecule has 0 radical (unpaired) electrons. The summed E-state index contributed by atoms with van der Waals surface area (Å²) < 4.78 is 0. The lowest BCUT2D eigenvalue weighted by Crippen LogP contribution is -2.38. The maximum Gasteiger partial charge on any atom is 0.226 e. The van der Waals surface area contributed by atoms with E-state index in [-0.39, 0.29) is 11.8 Å². The Morgan fingerprint density at radius 2 is 2.18 bits per heavy atom. The lowest BCUT2D eigenvalue weighted by molar-refractivity contribution is -0.135. The first-order chi connectivity index (χ1) is 8.22. The van der Waals surface area contributed by atoms with Crippen LogP contribution in [0.5, 0.6) is 0 Å². The van der Waals surface area contributed by atoms with Crippen LogP contribution in [-0.2, 0) is 17.8 Å². The molecule has 0 saturated heterocycles. The van der Waals surface area contributed by atoms with Crippen LogP contribution in [0.4, 0.5) is 0 Å². The van der Waals surface area contributed by atoms with Gasteiger partial charge in [0.25, 0.3) is 0 Å². The molecule has 1 unspecified atom stereocenters. The molecule has 0 spiro atoms. The number of benzene rings is 1. The molecule has 1 amide bonds. The third-order valence-electron chi connectivity index (χ3n) is 3.26. The summed E-state index contributed by atoms with van der Waals surface area (Å²) in [6, 6.07) is 10.3. The van der Waals surface area contributed by atoms with Gasteiger partial charge >= 0.3 is 0 Å². The Morgan fingerprint density at radius 1 is 1.47 bits per heavy atom. The largest absolute Gasteiger partial charge is 0.338 e. The number of carbonyl (C=O) groups excluding carboxylic acids is 1. The molecule has 1 heterocycles. The standard InChI is InChI=1S/C14H16N2O/c1-11(6-8-15)14(17)16-9-7-12-4-2-3-5-13(12)10-16/h2-5,11H,6-7,9-10H2,1H3. The summed E-state index contributed by atoms with van der Waals surface area (Å²) in [5.74, 6) is -0.0914. The van der Waals surface area contributed by atoms with Crippen molar-refractivity contribution in [1.82, 2.24) is 4.90 Å². The van der Waals surface area contributed by atoms with Gasteiger partial charge in [-0.15, -0.1) is 0 Å². The first-order valence-electron chi connectivity index (χ1n) is 5.95. The maximum atomic E-state index is 12.1. The molecule has 88 valence electrons. The van der Waals surface area contributed by atoms with Crippen LogP contribution in [0.15, 0.2) is 24.3 Å². The van der Waals surface area contributed by atoms with Gasteiger partial charge in [0.1, 0.15) is 0 Å². The Bertz CT molecular complexity index is 462. The first kappa shape index (κ1) is 11.7. The third-order valence-corrected chi connectivity index (χ3v) is 3.26. The maximum absolute atomic E-state index is 12.1. The van der Waals surface area contributed by atoms with Crippen LogP contribution < -0.4 is 0 Å². The van der Waals surface area contributed by atoms with Gasteiger partial charge in [-0.2, -0.15) is 5.26 Å². The Kier molecular flexibility index (Phi) is 3.43. The minimum absolute atomic E-state index is 0.0982. The van der Waals surface area contributed by atoms with E-state index in [0.717, 1.165) is 13.0 Å². The molecule has 1 aromatic rings. The van der Waals surface area contributed by atoms with Crippen molar-refractivity contribution < 1.29 is 4.79 Å². The fraction of sp³-hybridized carbons (Fsp3) is 0.429. The molecule has 2 rings (SSSR count). The number of fused-ring (bicyclic) bond motifs is 1. The zero-order chi connectivity index (χ0) is 12.3. The molecule has 0 aromatic heterocycles. The summed E-state index contributed by atoms with van der Waals surface area (Å²) in [4.78, 5) is 13.9. The number of nitrogens with zero attached hydrogens (tertiary/aromatic N) is 2. The molecule has 0 fully saturated rings. The Balaban J connectivity index is 2.08. The van der Waals surface area contributed by atoms with Crippen LogP contribution in [0.3, 0.4) is 0 Å². The molecule has 3 heteroatoms. The Hall–Kier alpha value is -1.82. The number of carbonyl (C=O) groups is 1. The van der Waals surface area contributed by atoms with Crippen LogP contribution in [0.1, 0.15) is 24.5 Å². The second-order valence-electron chi connectivity index (χ2n) is 4.54. The van der Waals surface area contributed by atoms with Crippen molar-refractivity contribution in [2.24, 2.45) is 5.92 Å². The minimum Gasteiger partial charge on any atom is -0.338 e. The molecule has 0 aliphatic carbocycles. The highest BCUT2D eigenvalue weighted by atomic mass is 16.2. The van der Waals surface area contributed by atoms with Crippen molar-refractivity contribution in [3.8, 4) is 6.07 Å². The predicted molar refractivity (Wildman–Crippen MR) is 65.0 cm³/mol. The van der Waals surface area contributed by atoms with Gasteiger partial charge < -0.3 is 4.90 Å². The minimum atomic E-state index is -0.190. The van der Waals surface area contributed by atoms with Gasteiger partial charge in [0.15, 0.2) is 0 Å². The predicted octanol–water partition coefficient (Wildman–Crippen LogP) is 2.12. The third kappa shape index (κ3) is 2.47. The zero-order valence-corrected chi connectivity index (χ0v) is 10.0. The molecule has 1 aliphatic rings. The van der Waals surface area contributed by atoms with E-state index >= 15 is 0 Å². The van der Waals surface area contributed by atoms with Gasteiger partial charge in [-0.1, -0.05) is 31.2 Å². The van der Waals surface area contributed by atoms with Crippen molar-refractivity contribution in [2.45, 2.75) is 26.3 Å². The Labute approximate surface area is 102 Å². The fourth-order valence-electron chi connectivity index (χ4n) is 2.22. The van der Waals surface area contributed by atoms with Crippen molar-refractivity contribution in [2.75, 3.05) is 6.54 Å². The normalized spacial score (nSPS) is 15.9. The van der Waals surface area contributed by atoms with E-state index in [9.17, 15) is 4.79 Å². The van der Waals surface area contributed by atoms with Crippen LogP contribution in [0, 0.1) is 17.2 Å². The summed E-state index contributed by atoms with van der Waals surface area (Å²) in [5, 5.41) is 8.62. The van der Waals surface area contributed by atoms with Gasteiger partial charge in [-0.25, -0.2) is 0 Å². The summed E-state index contributed by atoms with van der Waals surface area (Å²) in [5.41, 5.74) is 2.57. The van der Waals surface area contributed by atoms with E-state index in [1.54, 1.807) is 0 Å². The van der Waals surface area contributed by atoms with Gasteiger partial charge in [-0.05, 0) is 17.5 Å². The van der Waals surface area contributed by atoms with Crippen LogP contribution in [0.2, 0.25) is 0 Å². The first-order valence-corrected chi connectivity index (χ1v) is 5.95. The number of nitriles is 1. The van der Waals surface area contributed by atoms with Crippen molar-refractivity contribution in [1.29, 1.82) is 5.26 Å². The average Bonchev–Trinajstić information content (AvgIpc) is 2.37. The quantitative estimate of drug-likeness (QED) is 0.778. The molecule has 3 nitrogen and oxygen atoms in total. The van der Waals surface area contributed by atoms with Crippen LogP contribution >= 0.6 is 0 Å². The highest BCUT2D eigenvalue weighted by molar-refractivity contribution is 5.79. The van der Waals surface area contributed by atoms with Gasteiger partial charge in [-0.3, -0.25) is 4.79 Å². The fourth-order valence-corrected chi connectivity index (χ4v) is 2.22. The monoisotopic (exact) mass is 228 g/mol. The molecule has 1 atom stereocenters. The van der Waals surface area contributed by atoms with E-state index in [0.29, 0.717) is 13.0 Å². The average molecular weight is 228 g/mol. The van der Waals surface area contributed by atoms with Gasteiger partial charge in [0.05, 0.1) is 6.07 Å². The number of hydrogen-bond donors (Lipinski definition) is 0. The second kappa shape index (κ2) is 5.01. The molecular weight excluding hydrogens is 212 g/mol. The summed E-state index contributed by atoms with van der Waals surface area (Å²) in [6.45, 7) is 3.28. The van der Waals surface area contributed by atoms with E-state index in [1.165, 1.54) is 11.1 Å². The Morgan fingerprint density at radius 3 is 2.88 bits per heavy atom. The van der Waals surface area contributed by atoms with E-state index in [2.05, 4.69) is 18.2 Å². The van der Waals surface area contributed by atoms with Gasteiger partial charge in [0.2, 0.25) is 5.91 Å². The smallest absolute Gasteiger partial charge is 0.226 e. The van der Waals surface area contributed by atoms with Crippen molar-refractivity contribution >= 4 is 5.91 Å². The zero-order valence-electron chi connectivity index (χ0n) is 10.0. The van der Waals surface area contributed by atoms with E-state index in [1.807, 2.05) is 24.0 Å². The molecular formula is C14H16N2O. The van der Waals surface area contributed by atoms with Crippen LogP contribution in [-0.4, -0.2) is 17.4 Å². The van der Waals surface area contributed by atoms with E-state index in [4.69, 9.17) is 5.26 Å². The lowest BCUT2D eigenvalue weighted by atomic mass is 9.98. The molecule has 0 N–H and O–H groups in total. The van der Waals surface area contributed by atoms with E-state index < -0.39 is 0 Å². The lowest BCUT2D eigenvalue weighted by Gasteiger charge is -2.30. The van der Waals surface area contributed by atoms with Crippen molar-refractivity contribution in [3.05, 3.63) is 35.4 Å². The summed E-state index contributed by atoms with van der Waals surface area (Å²) >= 11 is 0. The highest BCUT2D eigenvalue weighted by Crippen LogP contribution is 2.20. The summed E-state index contributed by atoms with van der Waals surface area (Å²) in [6.07, 6.45) is 1.22. The van der Waals surface area contributed by atoms with Gasteiger partial charge in [0, 0.05) is 25.4 Å². The second-order valence-corrected chi connectivity index (χ2v) is 4.54. The summed E-state index contributed by atoms with van der Waals surface area (Å²) in [7, 11) is 0. The SMILES string of the molecule is CC(CC#N)C(=O)N1CCc2ccccc2C1. The number of amides is 1. The molecule has 17 heavy (non-hydrogen) atoms. The molecule has 1 aromatic carbocycles. The van der Waals surface area contributed by atoms with Crippen molar-refractivity contribution in [3.63, 3.8) is 0 Å². The number of rotatable bonds is 2. The van der Waals surface area contributed by atoms with Crippen LogP contribution in [0.25, 0.3) is 0 Å². The topological polar surface area (TPSA) is 44.1 Å².